The quantitative estimate of drug-likeness (QED) is 0.709. The SMILES string of the molecule is CN1C(=O)c2ccccc2[C@@H](C(=O)NCc2ccccn2)[C@@H]1c1ccc2c(c1)OCO2. The Bertz CT molecular complexity index is 1150. The molecular formula is C24H21N3O4. The standard InChI is InChI=1S/C24H21N3O4/c1-27-22(15-9-10-19-20(12-15)31-14-30-19)21(17-7-2-3-8-18(17)24(27)29)23(28)26-13-16-6-4-5-11-25-16/h2-12,21-22H,13-14H2,1H3,(H,26,28)/t21-,22+/m1/s1. The van der Waals surface area contributed by atoms with E-state index in [1.165, 1.54) is 0 Å². The van der Waals surface area contributed by atoms with Gasteiger partial charge in [-0.05, 0) is 41.5 Å². The minimum atomic E-state index is -0.581. The van der Waals surface area contributed by atoms with Crippen molar-refractivity contribution in [3.05, 3.63) is 89.2 Å². The minimum absolute atomic E-state index is 0.118. The van der Waals surface area contributed by atoms with Crippen LogP contribution in [0.5, 0.6) is 11.5 Å². The number of benzene rings is 2. The van der Waals surface area contributed by atoms with Crippen LogP contribution < -0.4 is 14.8 Å². The fourth-order valence-corrected chi connectivity index (χ4v) is 4.26. The Morgan fingerprint density at radius 3 is 2.74 bits per heavy atom. The summed E-state index contributed by atoms with van der Waals surface area (Å²) in [6.45, 7) is 0.471. The summed E-state index contributed by atoms with van der Waals surface area (Å²) in [5.74, 6) is 0.407. The molecule has 2 atom stereocenters. The summed E-state index contributed by atoms with van der Waals surface area (Å²) in [5.41, 5.74) is 2.84. The van der Waals surface area contributed by atoms with Gasteiger partial charge in [-0.2, -0.15) is 0 Å². The average molecular weight is 415 g/mol. The van der Waals surface area contributed by atoms with Crippen LogP contribution in [0.15, 0.2) is 66.9 Å². The highest BCUT2D eigenvalue weighted by Crippen LogP contribution is 2.44. The van der Waals surface area contributed by atoms with E-state index in [4.69, 9.17) is 9.47 Å². The molecule has 0 saturated carbocycles. The second-order valence-electron chi connectivity index (χ2n) is 7.58. The van der Waals surface area contributed by atoms with E-state index in [2.05, 4.69) is 10.3 Å². The number of pyridine rings is 1. The minimum Gasteiger partial charge on any atom is -0.454 e. The molecule has 0 aliphatic carbocycles. The number of ether oxygens (including phenoxy) is 2. The number of likely N-dealkylation sites (N-methyl/N-ethyl adjacent to an activating group) is 1. The van der Waals surface area contributed by atoms with E-state index in [0.29, 0.717) is 29.2 Å². The maximum absolute atomic E-state index is 13.5. The average Bonchev–Trinajstić information content (AvgIpc) is 3.28. The van der Waals surface area contributed by atoms with E-state index in [1.807, 2.05) is 54.6 Å². The van der Waals surface area contributed by atoms with Gasteiger partial charge in [-0.15, -0.1) is 0 Å². The topological polar surface area (TPSA) is 80.8 Å². The van der Waals surface area contributed by atoms with Crippen molar-refractivity contribution >= 4 is 11.8 Å². The number of hydrogen-bond acceptors (Lipinski definition) is 5. The lowest BCUT2D eigenvalue weighted by Gasteiger charge is -2.39. The molecule has 7 heteroatoms. The Morgan fingerprint density at radius 1 is 1.10 bits per heavy atom. The van der Waals surface area contributed by atoms with Gasteiger partial charge >= 0.3 is 0 Å². The fraction of sp³-hybridized carbons (Fsp3) is 0.208. The smallest absolute Gasteiger partial charge is 0.254 e. The first-order chi connectivity index (χ1) is 15.1. The molecule has 0 fully saturated rings. The number of aromatic nitrogens is 1. The summed E-state index contributed by atoms with van der Waals surface area (Å²) < 4.78 is 10.9. The third kappa shape index (κ3) is 3.38. The van der Waals surface area contributed by atoms with Crippen molar-refractivity contribution in [1.29, 1.82) is 0 Å². The molecule has 2 aliphatic rings. The molecule has 3 heterocycles. The Labute approximate surface area is 179 Å². The molecule has 0 unspecified atom stereocenters. The number of carbonyl (C=O) groups is 2. The number of rotatable bonds is 4. The fourth-order valence-electron chi connectivity index (χ4n) is 4.26. The van der Waals surface area contributed by atoms with Crippen LogP contribution in [0.2, 0.25) is 0 Å². The van der Waals surface area contributed by atoms with Gasteiger partial charge in [0.2, 0.25) is 12.7 Å². The normalized spacial score (nSPS) is 19.1. The van der Waals surface area contributed by atoms with E-state index in [9.17, 15) is 9.59 Å². The second kappa shape index (κ2) is 7.75. The van der Waals surface area contributed by atoms with Gasteiger partial charge < -0.3 is 19.7 Å². The molecule has 1 N–H and O–H groups in total. The van der Waals surface area contributed by atoms with Gasteiger partial charge in [0.15, 0.2) is 11.5 Å². The van der Waals surface area contributed by atoms with Crippen LogP contribution >= 0.6 is 0 Å². The van der Waals surface area contributed by atoms with Crippen LogP contribution in [-0.2, 0) is 11.3 Å². The van der Waals surface area contributed by atoms with Gasteiger partial charge in [0, 0.05) is 18.8 Å². The Kier molecular flexibility index (Phi) is 4.78. The van der Waals surface area contributed by atoms with Gasteiger partial charge in [0.25, 0.3) is 5.91 Å². The van der Waals surface area contributed by atoms with Crippen molar-refractivity contribution in [2.24, 2.45) is 0 Å². The molecule has 2 amide bonds. The van der Waals surface area contributed by atoms with Crippen molar-refractivity contribution in [1.82, 2.24) is 15.2 Å². The molecule has 1 aromatic heterocycles. The van der Waals surface area contributed by atoms with Crippen LogP contribution in [0.25, 0.3) is 0 Å². The Morgan fingerprint density at radius 2 is 1.90 bits per heavy atom. The molecule has 0 saturated heterocycles. The van der Waals surface area contributed by atoms with Gasteiger partial charge in [0.05, 0.1) is 24.2 Å². The van der Waals surface area contributed by atoms with Crippen molar-refractivity contribution in [2.75, 3.05) is 13.8 Å². The molecule has 0 spiro atoms. The molecule has 31 heavy (non-hydrogen) atoms. The van der Waals surface area contributed by atoms with E-state index < -0.39 is 12.0 Å². The van der Waals surface area contributed by atoms with Gasteiger partial charge in [0.1, 0.15) is 0 Å². The summed E-state index contributed by atoms with van der Waals surface area (Å²) in [6, 6.07) is 17.9. The largest absolute Gasteiger partial charge is 0.454 e. The first-order valence-corrected chi connectivity index (χ1v) is 10.1. The second-order valence-corrected chi connectivity index (χ2v) is 7.58. The number of hydrogen-bond donors (Lipinski definition) is 1. The predicted molar refractivity (Wildman–Crippen MR) is 113 cm³/mol. The van der Waals surface area contributed by atoms with Crippen LogP contribution in [0.1, 0.15) is 39.1 Å². The maximum atomic E-state index is 13.5. The van der Waals surface area contributed by atoms with Crippen LogP contribution in [0, 0.1) is 0 Å². The van der Waals surface area contributed by atoms with Gasteiger partial charge in [-0.1, -0.05) is 30.3 Å². The number of nitrogens with zero attached hydrogens (tertiary/aromatic N) is 2. The van der Waals surface area contributed by atoms with Crippen molar-refractivity contribution in [2.45, 2.75) is 18.5 Å². The third-order valence-electron chi connectivity index (χ3n) is 5.77. The summed E-state index contributed by atoms with van der Waals surface area (Å²) in [4.78, 5) is 32.5. The van der Waals surface area contributed by atoms with Crippen molar-refractivity contribution in [3.63, 3.8) is 0 Å². The van der Waals surface area contributed by atoms with E-state index >= 15 is 0 Å². The first-order valence-electron chi connectivity index (χ1n) is 10.1. The highest BCUT2D eigenvalue weighted by Gasteiger charge is 2.42. The molecule has 0 bridgehead atoms. The molecule has 156 valence electrons. The Hall–Kier alpha value is -3.87. The van der Waals surface area contributed by atoms with Gasteiger partial charge in [-0.3, -0.25) is 14.6 Å². The maximum Gasteiger partial charge on any atom is 0.254 e. The third-order valence-corrected chi connectivity index (χ3v) is 5.77. The zero-order valence-corrected chi connectivity index (χ0v) is 16.9. The molecule has 3 aromatic rings. The molecule has 2 aromatic carbocycles. The summed E-state index contributed by atoms with van der Waals surface area (Å²) in [7, 11) is 1.73. The highest BCUT2D eigenvalue weighted by atomic mass is 16.7. The molecule has 5 rings (SSSR count). The number of carbonyl (C=O) groups excluding carboxylic acids is 2. The Balaban J connectivity index is 1.54. The first kappa shape index (κ1) is 19.1. The van der Waals surface area contributed by atoms with Gasteiger partial charge in [-0.25, -0.2) is 0 Å². The van der Waals surface area contributed by atoms with E-state index in [0.717, 1.165) is 11.3 Å². The monoisotopic (exact) mass is 415 g/mol. The number of amides is 2. The zero-order valence-electron chi connectivity index (χ0n) is 16.9. The summed E-state index contributed by atoms with van der Waals surface area (Å²) in [6.07, 6.45) is 1.69. The lowest BCUT2D eigenvalue weighted by Crippen LogP contribution is -2.45. The highest BCUT2D eigenvalue weighted by molar-refractivity contribution is 6.01. The zero-order chi connectivity index (χ0) is 21.4. The number of fused-ring (bicyclic) bond motifs is 2. The van der Waals surface area contributed by atoms with Crippen LogP contribution in [-0.4, -0.2) is 35.5 Å². The number of nitrogens with one attached hydrogen (secondary N) is 1. The molecule has 7 nitrogen and oxygen atoms in total. The predicted octanol–water partition coefficient (Wildman–Crippen LogP) is 3.04. The van der Waals surface area contributed by atoms with Crippen LogP contribution in [0.4, 0.5) is 0 Å². The van der Waals surface area contributed by atoms with E-state index in [-0.39, 0.29) is 18.6 Å². The summed E-state index contributed by atoms with van der Waals surface area (Å²) >= 11 is 0. The van der Waals surface area contributed by atoms with Crippen molar-refractivity contribution < 1.29 is 19.1 Å². The van der Waals surface area contributed by atoms with E-state index in [1.54, 1.807) is 24.2 Å². The molecule has 2 aliphatic heterocycles. The van der Waals surface area contributed by atoms with Crippen molar-refractivity contribution in [3.8, 4) is 11.5 Å². The molecular weight excluding hydrogens is 394 g/mol. The lowest BCUT2D eigenvalue weighted by atomic mass is 9.79. The summed E-state index contributed by atoms with van der Waals surface area (Å²) in [5, 5.41) is 3.00. The van der Waals surface area contributed by atoms with Crippen LogP contribution in [0.3, 0.4) is 0 Å². The lowest BCUT2D eigenvalue weighted by molar-refractivity contribution is -0.124. The molecule has 0 radical (unpaired) electrons.